The van der Waals surface area contributed by atoms with Crippen LogP contribution in [0.3, 0.4) is 0 Å². The Balaban J connectivity index is 1.36. The van der Waals surface area contributed by atoms with E-state index in [0.29, 0.717) is 5.69 Å². The molecule has 4 aromatic carbocycles. The monoisotopic (exact) mass is 461 g/mol. The lowest BCUT2D eigenvalue weighted by atomic mass is 9.54. The van der Waals surface area contributed by atoms with Crippen molar-refractivity contribution in [1.29, 1.82) is 0 Å². The second kappa shape index (κ2) is 6.91. The van der Waals surface area contributed by atoms with E-state index in [9.17, 15) is 9.59 Å². The van der Waals surface area contributed by atoms with E-state index in [2.05, 4.69) is 12.1 Å². The number of amides is 2. The van der Waals surface area contributed by atoms with Gasteiger partial charge in [0.2, 0.25) is 11.8 Å². The van der Waals surface area contributed by atoms with Gasteiger partial charge in [0.15, 0.2) is 0 Å². The highest BCUT2D eigenvalue weighted by Gasteiger charge is 2.67. The Labute approximate surface area is 202 Å². The molecule has 1 saturated heterocycles. The average molecular weight is 462 g/mol. The summed E-state index contributed by atoms with van der Waals surface area (Å²) >= 11 is 7.48. The Hall–Kier alpha value is -3.69. The molecular formula is C30H20ClNO2. The van der Waals surface area contributed by atoms with Crippen LogP contribution in [0.2, 0.25) is 0 Å². The van der Waals surface area contributed by atoms with E-state index in [4.69, 9.17) is 11.6 Å². The van der Waals surface area contributed by atoms with Gasteiger partial charge in [0.05, 0.1) is 17.5 Å². The van der Waals surface area contributed by atoms with Crippen LogP contribution in [-0.2, 0) is 14.5 Å². The van der Waals surface area contributed by atoms with E-state index in [0.717, 1.165) is 33.4 Å². The molecule has 0 aromatic heterocycles. The summed E-state index contributed by atoms with van der Waals surface area (Å²) in [5, 5.41) is 0. The number of carbonyl (C=O) groups is 2. The Morgan fingerprint density at radius 3 is 1.76 bits per heavy atom. The standard InChI is InChI=1S/C30H20ClNO2/c31-30-23-12-6-4-10-21(23)25(22-11-5-7-13-24(22)30)26-27(30)29(34)32(28(26)33)20-16-14-19(15-17-20)18-8-2-1-3-9-18/h1-17,25-27H/t25?,26-,27-,30?/m1/s1. The summed E-state index contributed by atoms with van der Waals surface area (Å²) < 4.78 is 0. The number of rotatable bonds is 2. The first-order chi connectivity index (χ1) is 16.6. The first-order valence-electron chi connectivity index (χ1n) is 11.5. The number of hydrogen-bond donors (Lipinski definition) is 0. The average Bonchev–Trinajstić information content (AvgIpc) is 3.16. The Morgan fingerprint density at radius 1 is 0.618 bits per heavy atom. The van der Waals surface area contributed by atoms with E-state index >= 15 is 0 Å². The van der Waals surface area contributed by atoms with Gasteiger partial charge >= 0.3 is 0 Å². The molecule has 164 valence electrons. The first kappa shape index (κ1) is 19.7. The number of nitrogens with zero attached hydrogens (tertiary/aromatic N) is 1. The van der Waals surface area contributed by atoms with Crippen LogP contribution in [0, 0.1) is 11.8 Å². The molecule has 0 spiro atoms. The highest BCUT2D eigenvalue weighted by atomic mass is 35.5. The molecule has 0 unspecified atom stereocenters. The summed E-state index contributed by atoms with van der Waals surface area (Å²) in [6.07, 6.45) is 0. The van der Waals surface area contributed by atoms with Crippen LogP contribution in [0.15, 0.2) is 103 Å². The summed E-state index contributed by atoms with van der Waals surface area (Å²) in [4.78, 5) is 28.2. The second-order valence-corrected chi connectivity index (χ2v) is 9.89. The number of benzene rings is 4. The lowest BCUT2D eigenvalue weighted by Gasteiger charge is -2.50. The van der Waals surface area contributed by atoms with E-state index in [1.54, 1.807) is 0 Å². The zero-order valence-electron chi connectivity index (χ0n) is 18.2. The third-order valence-corrected chi connectivity index (χ3v) is 8.39. The van der Waals surface area contributed by atoms with Crippen LogP contribution in [-0.4, -0.2) is 11.8 Å². The van der Waals surface area contributed by atoms with Gasteiger partial charge in [0, 0.05) is 5.92 Å². The maximum Gasteiger partial charge on any atom is 0.240 e. The molecule has 3 nitrogen and oxygen atoms in total. The fourth-order valence-electron chi connectivity index (χ4n) is 6.37. The fraction of sp³-hybridized carbons (Fsp3) is 0.133. The highest BCUT2D eigenvalue weighted by Crippen LogP contribution is 2.65. The number of hydrogen-bond acceptors (Lipinski definition) is 2. The largest absolute Gasteiger partial charge is 0.274 e. The molecule has 3 aliphatic carbocycles. The van der Waals surface area contributed by atoms with Crippen molar-refractivity contribution in [1.82, 2.24) is 0 Å². The van der Waals surface area contributed by atoms with Crippen LogP contribution in [0.5, 0.6) is 0 Å². The topological polar surface area (TPSA) is 37.4 Å². The molecule has 2 amide bonds. The van der Waals surface area contributed by atoms with Gasteiger partial charge in [0.1, 0.15) is 4.87 Å². The van der Waals surface area contributed by atoms with Crippen molar-refractivity contribution in [3.8, 4) is 11.1 Å². The molecule has 0 saturated carbocycles. The molecule has 1 fully saturated rings. The molecule has 4 aromatic rings. The van der Waals surface area contributed by atoms with Crippen LogP contribution >= 0.6 is 11.6 Å². The lowest BCUT2D eigenvalue weighted by Crippen LogP contribution is -2.50. The van der Waals surface area contributed by atoms with E-state index < -0.39 is 16.7 Å². The number of alkyl halides is 1. The number of imide groups is 1. The molecule has 4 aliphatic rings. The molecule has 0 N–H and O–H groups in total. The molecule has 2 bridgehead atoms. The van der Waals surface area contributed by atoms with Crippen LogP contribution < -0.4 is 4.90 Å². The van der Waals surface area contributed by atoms with Crippen molar-refractivity contribution in [3.63, 3.8) is 0 Å². The molecule has 1 heterocycles. The van der Waals surface area contributed by atoms with Gasteiger partial charge in [-0.3, -0.25) is 9.59 Å². The normalized spacial score (nSPS) is 26.3. The van der Waals surface area contributed by atoms with Gasteiger partial charge in [-0.2, -0.15) is 0 Å². The minimum absolute atomic E-state index is 0.165. The lowest BCUT2D eigenvalue weighted by molar-refractivity contribution is -0.122. The fourth-order valence-corrected chi connectivity index (χ4v) is 6.94. The van der Waals surface area contributed by atoms with Crippen molar-refractivity contribution in [2.24, 2.45) is 11.8 Å². The summed E-state index contributed by atoms with van der Waals surface area (Å²) in [7, 11) is 0. The van der Waals surface area contributed by atoms with Gasteiger partial charge in [0.25, 0.3) is 0 Å². The minimum atomic E-state index is -1.06. The van der Waals surface area contributed by atoms with E-state index in [1.165, 1.54) is 4.90 Å². The molecular weight excluding hydrogens is 442 g/mol. The summed E-state index contributed by atoms with van der Waals surface area (Å²) in [6.45, 7) is 0. The van der Waals surface area contributed by atoms with E-state index in [1.807, 2.05) is 91.0 Å². The summed E-state index contributed by atoms with van der Waals surface area (Å²) in [5.74, 6) is -1.70. The third kappa shape index (κ3) is 2.37. The zero-order valence-corrected chi connectivity index (χ0v) is 18.9. The van der Waals surface area contributed by atoms with Crippen LogP contribution in [0.25, 0.3) is 11.1 Å². The predicted octanol–water partition coefficient (Wildman–Crippen LogP) is 6.10. The van der Waals surface area contributed by atoms with Gasteiger partial charge in [-0.25, -0.2) is 4.90 Å². The molecule has 1 aliphatic heterocycles. The Morgan fingerprint density at radius 2 is 1.15 bits per heavy atom. The highest BCUT2D eigenvalue weighted by molar-refractivity contribution is 6.33. The van der Waals surface area contributed by atoms with Crippen molar-refractivity contribution in [3.05, 3.63) is 125 Å². The second-order valence-electron chi connectivity index (χ2n) is 9.29. The number of anilines is 1. The Kier molecular flexibility index (Phi) is 4.01. The molecule has 8 rings (SSSR count). The van der Waals surface area contributed by atoms with Gasteiger partial charge in [-0.05, 0) is 45.5 Å². The van der Waals surface area contributed by atoms with Crippen molar-refractivity contribution < 1.29 is 9.59 Å². The molecule has 2 atom stereocenters. The van der Waals surface area contributed by atoms with Gasteiger partial charge in [-0.1, -0.05) is 91.0 Å². The third-order valence-electron chi connectivity index (χ3n) is 7.75. The van der Waals surface area contributed by atoms with Crippen LogP contribution in [0.4, 0.5) is 5.69 Å². The zero-order chi connectivity index (χ0) is 23.0. The van der Waals surface area contributed by atoms with Crippen LogP contribution in [0.1, 0.15) is 28.2 Å². The molecule has 34 heavy (non-hydrogen) atoms. The number of carbonyl (C=O) groups excluding carboxylic acids is 2. The summed E-state index contributed by atoms with van der Waals surface area (Å²) in [5.41, 5.74) is 6.73. The van der Waals surface area contributed by atoms with Crippen molar-refractivity contribution in [2.75, 3.05) is 4.90 Å². The smallest absolute Gasteiger partial charge is 0.240 e. The van der Waals surface area contributed by atoms with E-state index in [-0.39, 0.29) is 17.7 Å². The molecule has 4 heteroatoms. The predicted molar refractivity (Wildman–Crippen MR) is 133 cm³/mol. The van der Waals surface area contributed by atoms with Gasteiger partial charge in [-0.15, -0.1) is 11.6 Å². The Bertz CT molecular complexity index is 1430. The quantitative estimate of drug-likeness (QED) is 0.267. The maximum atomic E-state index is 13.9. The van der Waals surface area contributed by atoms with Gasteiger partial charge < -0.3 is 0 Å². The summed E-state index contributed by atoms with van der Waals surface area (Å²) in [6, 6.07) is 33.7. The minimum Gasteiger partial charge on any atom is -0.274 e. The first-order valence-corrected chi connectivity index (χ1v) is 11.9. The van der Waals surface area contributed by atoms with Crippen molar-refractivity contribution >= 4 is 29.1 Å². The maximum absolute atomic E-state index is 13.9. The van der Waals surface area contributed by atoms with Crippen molar-refractivity contribution in [2.45, 2.75) is 10.8 Å². The number of halogens is 1. The molecule has 0 radical (unpaired) electrons. The SMILES string of the molecule is O=C1[C@@H]2C3c4ccccc4C(Cl)(c4ccccc43)[C@H]2C(=O)N1c1ccc(-c2ccccc2)cc1.